The minimum Gasteiger partial charge on any atom is -0.245 e. The first-order chi connectivity index (χ1) is 14.1. The van der Waals surface area contributed by atoms with E-state index in [1.807, 2.05) is 18.2 Å². The Balaban J connectivity index is 1.98. The van der Waals surface area contributed by atoms with E-state index >= 15 is 0 Å². The third kappa shape index (κ3) is 5.12. The Morgan fingerprint density at radius 2 is 1.50 bits per heavy atom. The van der Waals surface area contributed by atoms with Gasteiger partial charge in [0.15, 0.2) is 0 Å². The lowest BCUT2D eigenvalue weighted by molar-refractivity contribution is 0.563. The average Bonchev–Trinajstić information content (AvgIpc) is 2.71. The smallest absolute Gasteiger partial charge is 0.115 e. The van der Waals surface area contributed by atoms with Gasteiger partial charge in [-0.05, 0) is 28.2 Å². The Hall–Kier alpha value is -2.57. The number of pyridine rings is 1. The predicted molar refractivity (Wildman–Crippen MR) is 128 cm³/mol. The number of benzene rings is 2. The van der Waals surface area contributed by atoms with Crippen LogP contribution < -0.4 is 0 Å². The fourth-order valence-electron chi connectivity index (χ4n) is 3.22. The SMILES string of the molecule is CC(C)(C)c1ccc(CSc2nc(C(C)(C)C)cc(-c3ccccc3)c2C#N)cc1. The number of hydrogen-bond donors (Lipinski definition) is 0. The fraction of sp³-hybridized carbons (Fsp3) is 0.333. The normalized spacial score (nSPS) is 11.9. The van der Waals surface area contributed by atoms with Crippen LogP contribution in [0.25, 0.3) is 11.1 Å². The number of rotatable bonds is 4. The first kappa shape index (κ1) is 22.1. The molecule has 2 nitrogen and oxygen atoms in total. The van der Waals surface area contributed by atoms with E-state index in [9.17, 15) is 5.26 Å². The molecule has 3 aromatic rings. The molecule has 0 aliphatic carbocycles. The molecule has 0 radical (unpaired) electrons. The molecule has 0 saturated heterocycles. The second kappa shape index (κ2) is 8.66. The summed E-state index contributed by atoms with van der Waals surface area (Å²) in [5.41, 5.74) is 6.29. The summed E-state index contributed by atoms with van der Waals surface area (Å²) in [6, 6.07) is 23.4. The predicted octanol–water partition coefficient (Wildman–Crippen LogP) is 7.51. The molecule has 0 aliphatic rings. The van der Waals surface area contributed by atoms with E-state index in [0.29, 0.717) is 5.56 Å². The molecule has 0 atom stereocenters. The largest absolute Gasteiger partial charge is 0.245 e. The Morgan fingerprint density at radius 3 is 2.03 bits per heavy atom. The van der Waals surface area contributed by atoms with E-state index in [1.165, 1.54) is 11.1 Å². The van der Waals surface area contributed by atoms with Gasteiger partial charge < -0.3 is 0 Å². The monoisotopic (exact) mass is 414 g/mol. The zero-order valence-electron chi connectivity index (χ0n) is 18.8. The van der Waals surface area contributed by atoms with E-state index in [1.54, 1.807) is 11.8 Å². The topological polar surface area (TPSA) is 36.7 Å². The minimum absolute atomic E-state index is 0.0960. The lowest BCUT2D eigenvalue weighted by Crippen LogP contribution is -2.15. The summed E-state index contributed by atoms with van der Waals surface area (Å²) in [4.78, 5) is 4.91. The number of aromatic nitrogens is 1. The molecule has 1 heterocycles. The maximum absolute atomic E-state index is 9.97. The van der Waals surface area contributed by atoms with E-state index in [4.69, 9.17) is 4.98 Å². The summed E-state index contributed by atoms with van der Waals surface area (Å²) in [5.74, 6) is 0.786. The second-order valence-electron chi connectivity index (χ2n) is 9.70. The van der Waals surface area contributed by atoms with Crippen LogP contribution in [0, 0.1) is 11.3 Å². The van der Waals surface area contributed by atoms with E-state index < -0.39 is 0 Å². The first-order valence-electron chi connectivity index (χ1n) is 10.3. The van der Waals surface area contributed by atoms with Crippen LogP contribution >= 0.6 is 11.8 Å². The fourth-order valence-corrected chi connectivity index (χ4v) is 4.18. The molecule has 0 saturated carbocycles. The van der Waals surface area contributed by atoms with Crippen LogP contribution in [0.2, 0.25) is 0 Å². The van der Waals surface area contributed by atoms with Crippen molar-refractivity contribution >= 4 is 11.8 Å². The van der Waals surface area contributed by atoms with E-state index in [-0.39, 0.29) is 10.8 Å². The molecule has 0 amide bonds. The zero-order valence-corrected chi connectivity index (χ0v) is 19.6. The lowest BCUT2D eigenvalue weighted by atomic mass is 9.87. The van der Waals surface area contributed by atoms with Gasteiger partial charge in [0.2, 0.25) is 0 Å². The summed E-state index contributed by atoms with van der Waals surface area (Å²) in [5, 5.41) is 10.8. The molecule has 30 heavy (non-hydrogen) atoms. The molecule has 0 aliphatic heterocycles. The second-order valence-corrected chi connectivity index (χ2v) is 10.7. The summed E-state index contributed by atoms with van der Waals surface area (Å²) in [7, 11) is 0. The third-order valence-electron chi connectivity index (χ3n) is 5.15. The molecule has 0 bridgehead atoms. The summed E-state index contributed by atoms with van der Waals surface area (Å²) < 4.78 is 0. The number of hydrogen-bond acceptors (Lipinski definition) is 3. The van der Waals surface area contributed by atoms with Crippen molar-refractivity contribution in [2.75, 3.05) is 0 Å². The van der Waals surface area contributed by atoms with Gasteiger partial charge in [-0.15, -0.1) is 11.8 Å². The molecule has 0 N–H and O–H groups in total. The summed E-state index contributed by atoms with van der Waals surface area (Å²) in [6.45, 7) is 13.2. The molecular weight excluding hydrogens is 384 g/mol. The van der Waals surface area contributed by atoms with Crippen molar-refractivity contribution < 1.29 is 0 Å². The average molecular weight is 415 g/mol. The highest BCUT2D eigenvalue weighted by Gasteiger charge is 2.22. The van der Waals surface area contributed by atoms with Gasteiger partial charge in [0, 0.05) is 22.4 Å². The van der Waals surface area contributed by atoms with Crippen molar-refractivity contribution in [1.29, 1.82) is 5.26 Å². The van der Waals surface area contributed by atoms with Gasteiger partial charge in [-0.25, -0.2) is 4.98 Å². The highest BCUT2D eigenvalue weighted by Crippen LogP contribution is 2.35. The van der Waals surface area contributed by atoms with Gasteiger partial charge in [0.05, 0.1) is 5.56 Å². The van der Waals surface area contributed by atoms with Crippen LogP contribution in [-0.4, -0.2) is 4.98 Å². The van der Waals surface area contributed by atoms with Crippen molar-refractivity contribution in [1.82, 2.24) is 4.98 Å². The van der Waals surface area contributed by atoms with Gasteiger partial charge in [0.25, 0.3) is 0 Å². The van der Waals surface area contributed by atoms with Crippen molar-refractivity contribution in [3.63, 3.8) is 0 Å². The Morgan fingerprint density at radius 1 is 0.867 bits per heavy atom. The molecule has 0 fully saturated rings. The minimum atomic E-state index is -0.0960. The van der Waals surface area contributed by atoms with Crippen molar-refractivity contribution in [2.24, 2.45) is 0 Å². The molecule has 154 valence electrons. The molecule has 1 aromatic heterocycles. The third-order valence-corrected chi connectivity index (χ3v) is 6.19. The zero-order chi connectivity index (χ0) is 21.9. The molecule has 3 heteroatoms. The number of thioether (sulfide) groups is 1. The number of nitrogens with zero attached hydrogens (tertiary/aromatic N) is 2. The lowest BCUT2D eigenvalue weighted by Gasteiger charge is -2.21. The van der Waals surface area contributed by atoms with Crippen LogP contribution in [0.5, 0.6) is 0 Å². The quantitative estimate of drug-likeness (QED) is 0.414. The molecule has 2 aromatic carbocycles. The van der Waals surface area contributed by atoms with Crippen LogP contribution in [0.15, 0.2) is 65.7 Å². The molecule has 0 spiro atoms. The van der Waals surface area contributed by atoms with Crippen LogP contribution in [0.4, 0.5) is 0 Å². The van der Waals surface area contributed by atoms with Crippen molar-refractivity contribution in [2.45, 2.75) is 63.2 Å². The maximum Gasteiger partial charge on any atom is 0.115 e. The molecular formula is C27H30N2S. The van der Waals surface area contributed by atoms with E-state index in [0.717, 1.165) is 27.6 Å². The van der Waals surface area contributed by atoms with E-state index in [2.05, 4.69) is 90.1 Å². The Kier molecular flexibility index (Phi) is 6.38. The summed E-state index contributed by atoms with van der Waals surface area (Å²) in [6.07, 6.45) is 0. The highest BCUT2D eigenvalue weighted by molar-refractivity contribution is 7.98. The first-order valence-corrected chi connectivity index (χ1v) is 11.3. The van der Waals surface area contributed by atoms with Crippen molar-refractivity contribution in [3.8, 4) is 17.2 Å². The Labute approximate surface area is 185 Å². The maximum atomic E-state index is 9.97. The standard InChI is InChI=1S/C27H30N2S/c1-26(2,3)21-14-12-19(13-15-21)18-30-25-23(17-28)22(20-10-8-7-9-11-20)16-24(29-25)27(4,5)6/h7-16H,18H2,1-6H3. The Bertz CT molecular complexity index is 1050. The molecule has 0 unspecified atom stereocenters. The van der Waals surface area contributed by atoms with Gasteiger partial charge in [-0.1, -0.05) is 96.1 Å². The van der Waals surface area contributed by atoms with Crippen LogP contribution in [0.3, 0.4) is 0 Å². The summed E-state index contributed by atoms with van der Waals surface area (Å²) >= 11 is 1.64. The van der Waals surface area contributed by atoms with Crippen molar-refractivity contribution in [3.05, 3.63) is 83.0 Å². The van der Waals surface area contributed by atoms with Gasteiger partial charge >= 0.3 is 0 Å². The molecule has 3 rings (SSSR count). The van der Waals surface area contributed by atoms with Gasteiger partial charge in [-0.3, -0.25) is 0 Å². The highest BCUT2D eigenvalue weighted by atomic mass is 32.2. The van der Waals surface area contributed by atoms with Crippen LogP contribution in [-0.2, 0) is 16.6 Å². The number of nitriles is 1. The van der Waals surface area contributed by atoms with Gasteiger partial charge in [0.1, 0.15) is 11.1 Å². The van der Waals surface area contributed by atoms with Gasteiger partial charge in [-0.2, -0.15) is 5.26 Å². The van der Waals surface area contributed by atoms with Crippen LogP contribution in [0.1, 0.15) is 63.9 Å².